The van der Waals surface area contributed by atoms with Crippen molar-refractivity contribution in [2.45, 2.75) is 11.8 Å². The number of nitrogens with zero attached hydrogens (tertiary/aromatic N) is 1. The predicted octanol–water partition coefficient (Wildman–Crippen LogP) is 1.93. The maximum absolute atomic E-state index is 12.9. The van der Waals surface area contributed by atoms with Crippen LogP contribution in [0.5, 0.6) is 5.75 Å². The number of methoxy groups -OCH3 is 1. The first-order chi connectivity index (χ1) is 14.3. The topological polar surface area (TPSA) is 114 Å². The van der Waals surface area contributed by atoms with Crippen molar-refractivity contribution in [1.82, 2.24) is 4.31 Å². The highest BCUT2D eigenvalue weighted by Gasteiger charge is 2.27. The highest BCUT2D eigenvalue weighted by Crippen LogP contribution is 2.30. The largest absolute Gasteiger partial charge is 0.495 e. The number of anilines is 2. The molecule has 1 aliphatic rings. The van der Waals surface area contributed by atoms with Gasteiger partial charge < -0.3 is 20.1 Å². The first kappa shape index (κ1) is 21.8. The van der Waals surface area contributed by atoms with Gasteiger partial charge in [-0.1, -0.05) is 6.07 Å². The highest BCUT2D eigenvalue weighted by atomic mass is 32.2. The van der Waals surface area contributed by atoms with E-state index in [1.807, 2.05) is 0 Å². The number of nitrogens with one attached hydrogen (secondary N) is 2. The van der Waals surface area contributed by atoms with Crippen molar-refractivity contribution in [3.63, 3.8) is 0 Å². The second-order valence-electron chi connectivity index (χ2n) is 6.59. The molecule has 0 aromatic heterocycles. The summed E-state index contributed by atoms with van der Waals surface area (Å²) in [5.41, 5.74) is 0.997. The maximum atomic E-state index is 12.9. The quantitative estimate of drug-likeness (QED) is 0.720. The van der Waals surface area contributed by atoms with E-state index in [4.69, 9.17) is 9.47 Å². The summed E-state index contributed by atoms with van der Waals surface area (Å²) < 4.78 is 37.7. The molecule has 0 bridgehead atoms. The van der Waals surface area contributed by atoms with Gasteiger partial charge in [0.05, 0.1) is 30.9 Å². The zero-order valence-electron chi connectivity index (χ0n) is 16.7. The average Bonchev–Trinajstić information content (AvgIpc) is 2.74. The number of carbonyl (C=O) groups is 2. The summed E-state index contributed by atoms with van der Waals surface area (Å²) >= 11 is 0. The number of carbonyl (C=O) groups excluding carboxylic acids is 2. The Balaban J connectivity index is 1.87. The summed E-state index contributed by atoms with van der Waals surface area (Å²) in [4.78, 5) is 24.0. The Bertz CT molecular complexity index is 1050. The summed E-state index contributed by atoms with van der Waals surface area (Å²) in [6.45, 7) is 2.59. The van der Waals surface area contributed by atoms with Gasteiger partial charge in [0.25, 0.3) is 5.91 Å². The zero-order chi connectivity index (χ0) is 21.7. The van der Waals surface area contributed by atoms with E-state index in [0.29, 0.717) is 30.2 Å². The van der Waals surface area contributed by atoms with Gasteiger partial charge in [0.1, 0.15) is 5.75 Å². The molecule has 160 valence electrons. The Hall–Kier alpha value is -2.95. The lowest BCUT2D eigenvalue weighted by molar-refractivity contribution is -0.114. The van der Waals surface area contributed by atoms with Gasteiger partial charge >= 0.3 is 0 Å². The van der Waals surface area contributed by atoms with Crippen LogP contribution in [0.1, 0.15) is 17.3 Å². The van der Waals surface area contributed by atoms with Crippen molar-refractivity contribution >= 4 is 33.2 Å². The summed E-state index contributed by atoms with van der Waals surface area (Å²) in [6.07, 6.45) is 0. The van der Waals surface area contributed by atoms with Gasteiger partial charge in [-0.25, -0.2) is 8.42 Å². The Morgan fingerprint density at radius 3 is 2.47 bits per heavy atom. The van der Waals surface area contributed by atoms with E-state index in [1.54, 1.807) is 18.2 Å². The first-order valence-corrected chi connectivity index (χ1v) is 10.7. The molecule has 2 amide bonds. The third-order valence-corrected chi connectivity index (χ3v) is 6.37. The number of morpholine rings is 1. The van der Waals surface area contributed by atoms with Crippen LogP contribution in [0.15, 0.2) is 47.4 Å². The van der Waals surface area contributed by atoms with Gasteiger partial charge in [0.2, 0.25) is 15.9 Å². The summed E-state index contributed by atoms with van der Waals surface area (Å²) in [6, 6.07) is 10.7. The highest BCUT2D eigenvalue weighted by molar-refractivity contribution is 7.89. The fourth-order valence-corrected chi connectivity index (χ4v) is 4.45. The van der Waals surface area contributed by atoms with E-state index in [0.717, 1.165) is 0 Å². The van der Waals surface area contributed by atoms with Crippen molar-refractivity contribution in [2.75, 3.05) is 44.0 Å². The van der Waals surface area contributed by atoms with E-state index in [9.17, 15) is 18.0 Å². The molecular formula is C20H23N3O6S. The van der Waals surface area contributed by atoms with Crippen LogP contribution in [0.3, 0.4) is 0 Å². The second kappa shape index (κ2) is 9.24. The summed E-state index contributed by atoms with van der Waals surface area (Å²) in [7, 11) is -2.30. The molecule has 2 N–H and O–H groups in total. The molecule has 1 saturated heterocycles. The molecule has 1 heterocycles. The molecule has 9 nitrogen and oxygen atoms in total. The molecule has 0 atom stereocenters. The third kappa shape index (κ3) is 4.96. The molecule has 0 aliphatic carbocycles. The molecule has 1 aliphatic heterocycles. The van der Waals surface area contributed by atoms with E-state index >= 15 is 0 Å². The zero-order valence-corrected chi connectivity index (χ0v) is 17.5. The van der Waals surface area contributed by atoms with Gasteiger partial charge in [0.15, 0.2) is 0 Å². The first-order valence-electron chi connectivity index (χ1n) is 9.26. The van der Waals surface area contributed by atoms with Crippen molar-refractivity contribution in [2.24, 2.45) is 0 Å². The minimum absolute atomic E-state index is 0.0486. The average molecular weight is 433 g/mol. The smallest absolute Gasteiger partial charge is 0.255 e. The second-order valence-corrected chi connectivity index (χ2v) is 8.53. The van der Waals surface area contributed by atoms with Crippen LogP contribution in [-0.2, 0) is 19.6 Å². The number of hydrogen-bond donors (Lipinski definition) is 2. The number of ether oxygens (including phenoxy) is 2. The number of amides is 2. The van der Waals surface area contributed by atoms with Gasteiger partial charge in [0, 0.05) is 31.3 Å². The SMILES string of the molecule is COc1ccc(S(=O)(=O)N2CCOCC2)cc1NC(=O)c1cccc(NC(C)=O)c1. The third-order valence-electron chi connectivity index (χ3n) is 4.47. The van der Waals surface area contributed by atoms with Crippen molar-refractivity contribution in [3.8, 4) is 5.75 Å². The Morgan fingerprint density at radius 2 is 1.80 bits per heavy atom. The molecule has 0 spiro atoms. The molecule has 30 heavy (non-hydrogen) atoms. The number of hydrogen-bond acceptors (Lipinski definition) is 6. The number of rotatable bonds is 6. The van der Waals surface area contributed by atoms with E-state index in [1.165, 1.54) is 42.6 Å². The fraction of sp³-hybridized carbons (Fsp3) is 0.300. The van der Waals surface area contributed by atoms with Crippen LogP contribution < -0.4 is 15.4 Å². The Morgan fingerprint density at radius 1 is 1.07 bits per heavy atom. The molecule has 1 fully saturated rings. The van der Waals surface area contributed by atoms with Crippen LogP contribution in [0.4, 0.5) is 11.4 Å². The van der Waals surface area contributed by atoms with E-state index < -0.39 is 15.9 Å². The minimum Gasteiger partial charge on any atom is -0.495 e. The Labute approximate surface area is 175 Å². The summed E-state index contributed by atoms with van der Waals surface area (Å²) in [5, 5.41) is 5.30. The lowest BCUT2D eigenvalue weighted by Crippen LogP contribution is -2.40. The number of sulfonamides is 1. The lowest BCUT2D eigenvalue weighted by Gasteiger charge is -2.26. The standard InChI is InChI=1S/C20H23N3O6S/c1-14(24)21-16-5-3-4-15(12-16)20(25)22-18-13-17(6-7-19(18)28-2)30(26,27)23-8-10-29-11-9-23/h3-7,12-13H,8-11H2,1-2H3,(H,21,24)(H,22,25). The van der Waals surface area contributed by atoms with Gasteiger partial charge in [-0.05, 0) is 36.4 Å². The normalized spacial score (nSPS) is 14.7. The van der Waals surface area contributed by atoms with Crippen LogP contribution in [0.25, 0.3) is 0 Å². The van der Waals surface area contributed by atoms with Crippen LogP contribution in [-0.4, -0.2) is 58.0 Å². The van der Waals surface area contributed by atoms with Crippen LogP contribution in [0.2, 0.25) is 0 Å². The fourth-order valence-electron chi connectivity index (χ4n) is 3.02. The maximum Gasteiger partial charge on any atom is 0.255 e. The van der Waals surface area contributed by atoms with Gasteiger partial charge in [-0.3, -0.25) is 9.59 Å². The predicted molar refractivity (Wildman–Crippen MR) is 111 cm³/mol. The lowest BCUT2D eigenvalue weighted by atomic mass is 10.1. The summed E-state index contributed by atoms with van der Waals surface area (Å²) in [5.74, 6) is -0.404. The molecule has 0 saturated carbocycles. The van der Waals surface area contributed by atoms with Crippen LogP contribution >= 0.6 is 0 Å². The molecule has 3 rings (SSSR count). The molecule has 2 aromatic carbocycles. The minimum atomic E-state index is -3.73. The molecule has 0 unspecified atom stereocenters. The van der Waals surface area contributed by atoms with E-state index in [-0.39, 0.29) is 29.6 Å². The Kier molecular flexibility index (Phi) is 6.70. The van der Waals surface area contributed by atoms with Gasteiger partial charge in [-0.2, -0.15) is 4.31 Å². The van der Waals surface area contributed by atoms with Gasteiger partial charge in [-0.15, -0.1) is 0 Å². The molecule has 0 radical (unpaired) electrons. The molecule has 2 aromatic rings. The monoisotopic (exact) mass is 433 g/mol. The van der Waals surface area contributed by atoms with Crippen molar-refractivity contribution < 1.29 is 27.5 Å². The van der Waals surface area contributed by atoms with Crippen molar-refractivity contribution in [1.29, 1.82) is 0 Å². The number of benzene rings is 2. The van der Waals surface area contributed by atoms with Crippen molar-refractivity contribution in [3.05, 3.63) is 48.0 Å². The van der Waals surface area contributed by atoms with Crippen LogP contribution in [0, 0.1) is 0 Å². The molecular weight excluding hydrogens is 410 g/mol. The van der Waals surface area contributed by atoms with E-state index in [2.05, 4.69) is 10.6 Å². The molecule has 10 heteroatoms.